The number of aryl methyl sites for hydroxylation is 1. The van der Waals surface area contributed by atoms with Gasteiger partial charge < -0.3 is 4.42 Å². The molecule has 2 aromatic heterocycles. The first-order valence-electron chi connectivity index (χ1n) is 9.52. The normalized spacial score (nSPS) is 12.8. The van der Waals surface area contributed by atoms with Gasteiger partial charge in [-0.25, -0.2) is 14.7 Å². The van der Waals surface area contributed by atoms with Crippen molar-refractivity contribution in [2.45, 2.75) is 33.0 Å². The van der Waals surface area contributed by atoms with Crippen molar-refractivity contribution in [1.82, 2.24) is 14.8 Å². The minimum atomic E-state index is -4.65. The zero-order valence-electron chi connectivity index (χ0n) is 16.9. The molecule has 0 radical (unpaired) electrons. The van der Waals surface area contributed by atoms with Crippen LogP contribution in [0.5, 0.6) is 0 Å². The maximum atomic E-state index is 13.5. The molecule has 9 heteroatoms. The van der Waals surface area contributed by atoms with Crippen molar-refractivity contribution in [2.24, 2.45) is 4.99 Å². The van der Waals surface area contributed by atoms with E-state index in [-0.39, 0.29) is 28.3 Å². The Hall–Kier alpha value is -3.13. The topological polar surface area (TPSA) is 56.2 Å². The van der Waals surface area contributed by atoms with Gasteiger partial charge in [-0.15, -0.1) is 0 Å². The Labute approximate surface area is 180 Å². The number of hydrogen-bond acceptors (Lipinski definition) is 4. The number of halogens is 4. The lowest BCUT2D eigenvalue weighted by atomic mass is 10.1. The van der Waals surface area contributed by atoms with E-state index in [1.54, 1.807) is 24.3 Å². The second-order valence-electron chi connectivity index (χ2n) is 7.29. The molecule has 0 unspecified atom stereocenters. The molecule has 4 rings (SSSR count). The summed E-state index contributed by atoms with van der Waals surface area (Å²) in [7, 11) is 0. The van der Waals surface area contributed by atoms with Crippen molar-refractivity contribution in [3.63, 3.8) is 0 Å². The largest absolute Gasteiger partial charge is 0.435 e. The first kappa shape index (κ1) is 21.1. The highest BCUT2D eigenvalue weighted by atomic mass is 35.5. The van der Waals surface area contributed by atoms with Crippen molar-refractivity contribution in [3.05, 3.63) is 70.4 Å². The van der Waals surface area contributed by atoms with E-state index >= 15 is 0 Å². The third-order valence-electron chi connectivity index (χ3n) is 4.55. The summed E-state index contributed by atoms with van der Waals surface area (Å²) in [5.74, 6) is -0.0379. The van der Waals surface area contributed by atoms with Gasteiger partial charge in [0.1, 0.15) is 5.69 Å². The molecule has 5 nitrogen and oxygen atoms in total. The van der Waals surface area contributed by atoms with E-state index in [0.29, 0.717) is 16.5 Å². The molecule has 31 heavy (non-hydrogen) atoms. The van der Waals surface area contributed by atoms with Crippen LogP contribution in [0.3, 0.4) is 0 Å². The molecule has 0 aliphatic heterocycles. The molecule has 0 amide bonds. The summed E-state index contributed by atoms with van der Waals surface area (Å²) in [4.78, 5) is 9.03. The van der Waals surface area contributed by atoms with E-state index < -0.39 is 11.9 Å². The van der Waals surface area contributed by atoms with E-state index in [1.807, 2.05) is 39.0 Å². The number of aromatic nitrogens is 3. The molecule has 0 aliphatic rings. The van der Waals surface area contributed by atoms with Crippen LogP contribution >= 0.6 is 11.6 Å². The minimum absolute atomic E-state index is 0.0192. The van der Waals surface area contributed by atoms with Crippen molar-refractivity contribution in [3.8, 4) is 17.3 Å². The predicted octanol–water partition coefficient (Wildman–Crippen LogP) is 5.97. The van der Waals surface area contributed by atoms with Crippen molar-refractivity contribution >= 4 is 22.5 Å². The van der Waals surface area contributed by atoms with Gasteiger partial charge in [0.15, 0.2) is 5.69 Å². The van der Waals surface area contributed by atoms with E-state index in [9.17, 15) is 13.2 Å². The molecule has 2 aromatic carbocycles. The summed E-state index contributed by atoms with van der Waals surface area (Å²) in [5, 5.41) is 4.68. The molecule has 4 aromatic rings. The van der Waals surface area contributed by atoms with E-state index in [0.717, 1.165) is 16.3 Å². The van der Waals surface area contributed by atoms with Crippen LogP contribution in [0.2, 0.25) is 5.02 Å². The quantitative estimate of drug-likeness (QED) is 0.389. The van der Waals surface area contributed by atoms with E-state index in [2.05, 4.69) is 15.1 Å². The Kier molecular flexibility index (Phi) is 5.35. The van der Waals surface area contributed by atoms with Gasteiger partial charge in [-0.1, -0.05) is 35.9 Å². The summed E-state index contributed by atoms with van der Waals surface area (Å²) in [5.41, 5.74) is 0.939. The summed E-state index contributed by atoms with van der Waals surface area (Å²) in [6.07, 6.45) is -4.65. The van der Waals surface area contributed by atoms with Crippen LogP contribution in [0.1, 0.15) is 25.1 Å². The van der Waals surface area contributed by atoms with E-state index in [4.69, 9.17) is 16.0 Å². The average molecular weight is 447 g/mol. The van der Waals surface area contributed by atoms with Gasteiger partial charge in [0, 0.05) is 12.1 Å². The molecule has 0 spiro atoms. The fraction of sp³-hybridized carbons (Fsp3) is 0.227. The molecular weight excluding hydrogens is 429 g/mol. The van der Waals surface area contributed by atoms with Crippen LogP contribution in [-0.4, -0.2) is 20.8 Å². The zero-order valence-corrected chi connectivity index (χ0v) is 17.7. The highest BCUT2D eigenvalue weighted by molar-refractivity contribution is 6.32. The Bertz CT molecular complexity index is 1340. The second-order valence-corrected chi connectivity index (χ2v) is 7.70. The first-order chi connectivity index (χ1) is 14.6. The molecule has 0 atom stereocenters. The minimum Gasteiger partial charge on any atom is -0.418 e. The lowest BCUT2D eigenvalue weighted by Gasteiger charge is -2.10. The first-order valence-corrected chi connectivity index (χ1v) is 9.90. The van der Waals surface area contributed by atoms with Gasteiger partial charge in [0.25, 0.3) is 0 Å². The van der Waals surface area contributed by atoms with Gasteiger partial charge in [-0.05, 0) is 44.5 Å². The molecular formula is C22H18ClF3N4O. The van der Waals surface area contributed by atoms with Gasteiger partial charge in [0.2, 0.25) is 11.4 Å². The smallest absolute Gasteiger partial charge is 0.418 e. The monoisotopic (exact) mass is 446 g/mol. The van der Waals surface area contributed by atoms with Gasteiger partial charge in [-0.2, -0.15) is 18.3 Å². The number of para-hydroxylation sites is 2. The number of nitrogens with zero attached hydrogens (tertiary/aromatic N) is 4. The Morgan fingerprint density at radius 3 is 2.52 bits per heavy atom. The third-order valence-corrected chi connectivity index (χ3v) is 4.87. The lowest BCUT2D eigenvalue weighted by molar-refractivity contribution is -0.141. The van der Waals surface area contributed by atoms with Gasteiger partial charge in [0.05, 0.1) is 21.6 Å². The molecule has 0 saturated heterocycles. The Balaban J connectivity index is 2.08. The SMILES string of the molecule is Cc1cccc2c(=NC(C)C)oc(-c3cc(C(F)(F)F)nn3-c3ccccc3Cl)nc12. The highest BCUT2D eigenvalue weighted by Crippen LogP contribution is 2.34. The van der Waals surface area contributed by atoms with Crippen LogP contribution in [0, 0.1) is 6.92 Å². The zero-order chi connectivity index (χ0) is 22.3. The number of benzene rings is 2. The Morgan fingerprint density at radius 1 is 1.10 bits per heavy atom. The van der Waals surface area contributed by atoms with Crippen molar-refractivity contribution in [2.75, 3.05) is 0 Å². The van der Waals surface area contributed by atoms with Crippen LogP contribution in [0.4, 0.5) is 13.2 Å². The summed E-state index contributed by atoms with van der Waals surface area (Å²) in [6, 6.07) is 12.8. The summed E-state index contributed by atoms with van der Waals surface area (Å²) in [6.45, 7) is 5.63. The molecule has 0 bridgehead atoms. The van der Waals surface area contributed by atoms with Gasteiger partial charge in [-0.3, -0.25) is 0 Å². The van der Waals surface area contributed by atoms with Crippen LogP contribution in [0.25, 0.3) is 28.2 Å². The van der Waals surface area contributed by atoms with Crippen LogP contribution in [0.15, 0.2) is 57.9 Å². The highest BCUT2D eigenvalue weighted by Gasteiger charge is 2.36. The number of rotatable bonds is 3. The summed E-state index contributed by atoms with van der Waals surface area (Å²) >= 11 is 6.25. The molecule has 0 fully saturated rings. The molecule has 0 aliphatic carbocycles. The van der Waals surface area contributed by atoms with Crippen LogP contribution < -0.4 is 5.55 Å². The fourth-order valence-corrected chi connectivity index (χ4v) is 3.39. The number of fused-ring (bicyclic) bond motifs is 1. The Morgan fingerprint density at radius 2 is 1.84 bits per heavy atom. The standard InChI is InChI=1S/C22H18ClF3N4O/c1-12(2)27-20-14-8-6-7-13(3)19(14)28-21(31-20)17-11-18(22(24,25)26)29-30(17)16-10-5-4-9-15(16)23/h4-12H,1-3H3. The fourth-order valence-electron chi connectivity index (χ4n) is 3.17. The maximum Gasteiger partial charge on any atom is 0.435 e. The van der Waals surface area contributed by atoms with Crippen molar-refractivity contribution < 1.29 is 17.6 Å². The predicted molar refractivity (Wildman–Crippen MR) is 112 cm³/mol. The van der Waals surface area contributed by atoms with E-state index in [1.165, 1.54) is 0 Å². The van der Waals surface area contributed by atoms with Crippen LogP contribution in [-0.2, 0) is 6.18 Å². The lowest BCUT2D eigenvalue weighted by Crippen LogP contribution is -2.11. The maximum absolute atomic E-state index is 13.5. The molecule has 0 saturated carbocycles. The average Bonchev–Trinajstić information content (AvgIpc) is 3.14. The molecule has 0 N–H and O–H groups in total. The number of alkyl halides is 3. The summed E-state index contributed by atoms with van der Waals surface area (Å²) < 4.78 is 47.5. The van der Waals surface area contributed by atoms with Crippen molar-refractivity contribution in [1.29, 1.82) is 0 Å². The second kappa shape index (κ2) is 7.85. The molecule has 160 valence electrons. The van der Waals surface area contributed by atoms with Gasteiger partial charge >= 0.3 is 6.18 Å². The third kappa shape index (κ3) is 4.07. The molecule has 2 heterocycles. The number of hydrogen-bond donors (Lipinski definition) is 0.